The van der Waals surface area contributed by atoms with Crippen LogP contribution in [0.4, 0.5) is 4.79 Å². The quantitative estimate of drug-likeness (QED) is 0.681. The van der Waals surface area contributed by atoms with Gasteiger partial charge in [0.2, 0.25) is 0 Å². The molecular formula is C26H34N4O2. The van der Waals surface area contributed by atoms with Crippen LogP contribution in [-0.2, 0) is 11.2 Å². The van der Waals surface area contributed by atoms with Crippen LogP contribution in [0.5, 0.6) is 0 Å². The van der Waals surface area contributed by atoms with Crippen LogP contribution in [0.15, 0.2) is 30.6 Å². The SMILES string of the molecule is Cc1cc(-c2ccc3c(c2)CCC3N2CC3(CCN(C(=O)OC(C)(C)C)CC3)C2)ncn1. The van der Waals surface area contributed by atoms with Crippen molar-refractivity contribution in [3.8, 4) is 11.3 Å². The van der Waals surface area contributed by atoms with Gasteiger partial charge in [0.05, 0.1) is 5.69 Å². The number of nitrogens with zero attached hydrogens (tertiary/aromatic N) is 4. The second-order valence-corrected chi connectivity index (χ2v) is 10.9. The van der Waals surface area contributed by atoms with Gasteiger partial charge in [0.25, 0.3) is 0 Å². The van der Waals surface area contributed by atoms with Crippen LogP contribution in [-0.4, -0.2) is 57.6 Å². The van der Waals surface area contributed by atoms with Crippen molar-refractivity contribution in [2.45, 2.75) is 65.0 Å². The Balaban J connectivity index is 1.20. The summed E-state index contributed by atoms with van der Waals surface area (Å²) in [6.07, 6.45) is 5.97. The van der Waals surface area contributed by atoms with Gasteiger partial charge in [0.1, 0.15) is 11.9 Å². The molecule has 3 heterocycles. The van der Waals surface area contributed by atoms with Gasteiger partial charge in [-0.15, -0.1) is 0 Å². The molecule has 2 aliphatic heterocycles. The number of benzene rings is 1. The maximum atomic E-state index is 12.4. The summed E-state index contributed by atoms with van der Waals surface area (Å²) in [5.74, 6) is 0. The Morgan fingerprint density at radius 1 is 1.12 bits per heavy atom. The lowest BCUT2D eigenvalue weighted by molar-refractivity contribution is -0.0716. The second-order valence-electron chi connectivity index (χ2n) is 10.9. The molecule has 1 unspecified atom stereocenters. The van der Waals surface area contributed by atoms with Gasteiger partial charge in [-0.05, 0) is 82.1 Å². The average Bonchev–Trinajstić information content (AvgIpc) is 3.14. The highest BCUT2D eigenvalue weighted by atomic mass is 16.6. The summed E-state index contributed by atoms with van der Waals surface area (Å²) in [7, 11) is 0. The monoisotopic (exact) mass is 434 g/mol. The molecule has 6 nitrogen and oxygen atoms in total. The van der Waals surface area contributed by atoms with E-state index >= 15 is 0 Å². The Labute approximate surface area is 191 Å². The molecule has 170 valence electrons. The molecule has 0 bridgehead atoms. The van der Waals surface area contributed by atoms with Crippen molar-refractivity contribution < 1.29 is 9.53 Å². The van der Waals surface area contributed by atoms with Gasteiger partial charge in [-0.2, -0.15) is 0 Å². The van der Waals surface area contributed by atoms with Crippen LogP contribution < -0.4 is 0 Å². The number of carbonyl (C=O) groups excluding carboxylic acids is 1. The largest absolute Gasteiger partial charge is 0.444 e. The summed E-state index contributed by atoms with van der Waals surface area (Å²) in [4.78, 5) is 25.6. The van der Waals surface area contributed by atoms with Crippen molar-refractivity contribution in [2.24, 2.45) is 5.41 Å². The molecule has 1 aromatic heterocycles. The van der Waals surface area contributed by atoms with Crippen LogP contribution in [0.25, 0.3) is 11.3 Å². The van der Waals surface area contributed by atoms with Gasteiger partial charge < -0.3 is 9.64 Å². The van der Waals surface area contributed by atoms with Crippen molar-refractivity contribution in [2.75, 3.05) is 26.2 Å². The van der Waals surface area contributed by atoms with Gasteiger partial charge >= 0.3 is 6.09 Å². The summed E-state index contributed by atoms with van der Waals surface area (Å²) in [6.45, 7) is 11.7. The summed E-state index contributed by atoms with van der Waals surface area (Å²) in [6, 6.07) is 9.44. The number of ether oxygens (including phenoxy) is 1. The highest BCUT2D eigenvalue weighted by Gasteiger charge is 2.48. The minimum atomic E-state index is -0.429. The topological polar surface area (TPSA) is 58.6 Å². The molecule has 5 rings (SSSR count). The predicted molar refractivity (Wildman–Crippen MR) is 124 cm³/mol. The third kappa shape index (κ3) is 4.13. The first kappa shape index (κ1) is 21.4. The average molecular weight is 435 g/mol. The standard InChI is InChI=1S/C26H34N4O2/c1-18-13-22(28-17-27-18)20-5-7-21-19(14-20)6-8-23(21)30-15-26(16-30)9-11-29(12-10-26)24(31)32-25(2,3)4/h5,7,13-14,17,23H,6,8-12,15-16H2,1-4H3. The van der Waals surface area contributed by atoms with E-state index in [0.717, 1.165) is 56.8 Å². The van der Waals surface area contributed by atoms with Gasteiger partial charge in [-0.3, -0.25) is 4.90 Å². The lowest BCUT2D eigenvalue weighted by Gasteiger charge is -2.56. The normalized spacial score (nSPS) is 22.5. The van der Waals surface area contributed by atoms with E-state index in [1.165, 1.54) is 23.1 Å². The van der Waals surface area contributed by atoms with E-state index in [1.54, 1.807) is 6.33 Å². The van der Waals surface area contributed by atoms with Crippen molar-refractivity contribution in [3.05, 3.63) is 47.4 Å². The molecule has 2 aromatic rings. The maximum absolute atomic E-state index is 12.4. The molecule has 0 radical (unpaired) electrons. The fourth-order valence-corrected chi connectivity index (χ4v) is 5.59. The maximum Gasteiger partial charge on any atom is 0.410 e. The number of aromatic nitrogens is 2. The molecule has 6 heteroatoms. The number of hydrogen-bond donors (Lipinski definition) is 0. The van der Waals surface area contributed by atoms with Crippen molar-refractivity contribution >= 4 is 6.09 Å². The van der Waals surface area contributed by atoms with E-state index in [2.05, 4.69) is 39.1 Å². The molecular weight excluding hydrogens is 400 g/mol. The summed E-state index contributed by atoms with van der Waals surface area (Å²) in [5, 5.41) is 0. The Bertz CT molecular complexity index is 1010. The zero-order chi connectivity index (χ0) is 22.5. The number of piperidine rings is 1. The summed E-state index contributed by atoms with van der Waals surface area (Å²) < 4.78 is 5.56. The van der Waals surface area contributed by atoms with Crippen molar-refractivity contribution in [1.29, 1.82) is 0 Å². The number of likely N-dealkylation sites (tertiary alicyclic amines) is 2. The first-order valence-corrected chi connectivity index (χ1v) is 11.9. The number of aryl methyl sites for hydroxylation is 2. The molecule has 32 heavy (non-hydrogen) atoms. The first-order valence-electron chi connectivity index (χ1n) is 11.9. The minimum absolute atomic E-state index is 0.164. The fourth-order valence-electron chi connectivity index (χ4n) is 5.59. The van der Waals surface area contributed by atoms with Crippen molar-refractivity contribution in [3.63, 3.8) is 0 Å². The predicted octanol–water partition coefficient (Wildman–Crippen LogP) is 4.77. The molecule has 1 amide bonds. The van der Waals surface area contributed by atoms with E-state index in [9.17, 15) is 4.79 Å². The second kappa shape index (κ2) is 7.84. The van der Waals surface area contributed by atoms with Crippen LogP contribution in [0, 0.1) is 12.3 Å². The lowest BCUT2D eigenvalue weighted by atomic mass is 9.71. The van der Waals surface area contributed by atoms with Gasteiger partial charge in [0, 0.05) is 43.5 Å². The van der Waals surface area contributed by atoms with E-state index in [4.69, 9.17) is 4.74 Å². The molecule has 2 saturated heterocycles. The van der Waals surface area contributed by atoms with E-state index < -0.39 is 5.60 Å². The smallest absolute Gasteiger partial charge is 0.410 e. The third-order valence-electron chi connectivity index (χ3n) is 7.28. The summed E-state index contributed by atoms with van der Waals surface area (Å²) >= 11 is 0. The number of hydrogen-bond acceptors (Lipinski definition) is 5. The molecule has 1 aromatic carbocycles. The number of rotatable bonds is 2. The Morgan fingerprint density at radius 3 is 2.56 bits per heavy atom. The Morgan fingerprint density at radius 2 is 1.88 bits per heavy atom. The van der Waals surface area contributed by atoms with Gasteiger partial charge in [0.15, 0.2) is 0 Å². The van der Waals surface area contributed by atoms with Crippen LogP contribution in [0.1, 0.15) is 62.9 Å². The van der Waals surface area contributed by atoms with Gasteiger partial charge in [-0.25, -0.2) is 14.8 Å². The molecule has 0 saturated carbocycles. The Hall–Kier alpha value is -2.47. The minimum Gasteiger partial charge on any atom is -0.444 e. The van der Waals surface area contributed by atoms with E-state index in [-0.39, 0.29) is 6.09 Å². The highest BCUT2D eigenvalue weighted by molar-refractivity contribution is 5.68. The number of fused-ring (bicyclic) bond motifs is 1. The fraction of sp³-hybridized carbons (Fsp3) is 0.577. The Kier molecular flexibility index (Phi) is 5.24. The lowest BCUT2D eigenvalue weighted by Crippen LogP contribution is -2.61. The molecule has 1 aliphatic carbocycles. The van der Waals surface area contributed by atoms with Gasteiger partial charge in [-0.1, -0.05) is 12.1 Å². The number of carbonyl (C=O) groups is 1. The first-order chi connectivity index (χ1) is 15.2. The van der Waals surface area contributed by atoms with Crippen LogP contribution >= 0.6 is 0 Å². The zero-order valence-electron chi connectivity index (χ0n) is 19.7. The number of amides is 1. The molecule has 0 N–H and O–H groups in total. The molecule has 3 aliphatic rings. The molecule has 2 fully saturated rings. The van der Waals surface area contributed by atoms with Crippen molar-refractivity contribution in [1.82, 2.24) is 19.8 Å². The van der Waals surface area contributed by atoms with Crippen LogP contribution in [0.2, 0.25) is 0 Å². The van der Waals surface area contributed by atoms with E-state index in [1.807, 2.05) is 32.6 Å². The molecule has 1 spiro atoms. The third-order valence-corrected chi connectivity index (χ3v) is 7.28. The van der Waals surface area contributed by atoms with E-state index in [0.29, 0.717) is 11.5 Å². The van der Waals surface area contributed by atoms with Crippen LogP contribution in [0.3, 0.4) is 0 Å². The molecule has 1 atom stereocenters. The highest BCUT2D eigenvalue weighted by Crippen LogP contribution is 2.48. The zero-order valence-corrected chi connectivity index (χ0v) is 19.7. The summed E-state index contributed by atoms with van der Waals surface area (Å²) in [5.41, 5.74) is 6.08.